The molecule has 0 saturated heterocycles. The first-order chi connectivity index (χ1) is 20.5. The van der Waals surface area contributed by atoms with Crippen molar-refractivity contribution in [1.82, 2.24) is 19.7 Å². The Morgan fingerprint density at radius 3 is 2.49 bits per heavy atom. The average Bonchev–Trinajstić information content (AvgIpc) is 3.53. The summed E-state index contributed by atoms with van der Waals surface area (Å²) in [7, 11) is -1.31. The van der Waals surface area contributed by atoms with Crippen molar-refractivity contribution in [2.75, 3.05) is 6.61 Å². The Hall–Kier alpha value is -4.06. The second-order valence-corrected chi connectivity index (χ2v) is 18.1. The molecule has 3 heterocycles. The van der Waals surface area contributed by atoms with Gasteiger partial charge in [0.25, 0.3) is 0 Å². The molecular formula is C32H35FN4O5Si. The maximum absolute atomic E-state index is 15.6. The van der Waals surface area contributed by atoms with Crippen LogP contribution < -0.4 is 10.5 Å². The minimum atomic E-state index is -1.31. The molecule has 2 N–H and O–H groups in total. The second kappa shape index (κ2) is 11.2. The zero-order valence-corrected chi connectivity index (χ0v) is 25.7. The van der Waals surface area contributed by atoms with Gasteiger partial charge in [-0.3, -0.25) is 14.1 Å². The fourth-order valence-corrected chi connectivity index (χ4v) is 5.90. The summed E-state index contributed by atoms with van der Waals surface area (Å²) in [5.41, 5.74) is 3.45. The second-order valence-electron chi connectivity index (χ2n) is 12.5. The Labute approximate surface area is 249 Å². The van der Waals surface area contributed by atoms with E-state index in [0.29, 0.717) is 40.4 Å². The van der Waals surface area contributed by atoms with Gasteiger partial charge in [-0.05, 0) is 49.4 Å². The maximum atomic E-state index is 15.6. The number of nitrogens with zero attached hydrogens (tertiary/aromatic N) is 3. The fraction of sp³-hybridized carbons (Fsp3) is 0.344. The van der Waals surface area contributed by atoms with Crippen LogP contribution in [0.2, 0.25) is 25.7 Å². The standard InChI is InChI=1S/C32H35FN4O5Si/c1-20-6-7-22(30-35-31(38)42-36-30)16-27(20)41-28-18-25-26(37(28)19-40-14-15-43(2,3)4)17-24(33)29(34-25)21-8-10-23(11-9-21)32(39)12-5-13-32/h6-11,16-18,39H,5,12-15,19H2,1-4H3,(H,35,36,38). The van der Waals surface area contributed by atoms with Crippen molar-refractivity contribution in [3.05, 3.63) is 82.1 Å². The van der Waals surface area contributed by atoms with Gasteiger partial charge in [-0.2, -0.15) is 0 Å². The molecule has 0 aliphatic heterocycles. The number of aromatic nitrogens is 4. The summed E-state index contributed by atoms with van der Waals surface area (Å²) in [6.45, 7) is 9.50. The Balaban J connectivity index is 1.36. The summed E-state index contributed by atoms with van der Waals surface area (Å²) in [6.07, 6.45) is 2.47. The number of rotatable bonds is 10. The average molecular weight is 603 g/mol. The van der Waals surface area contributed by atoms with E-state index < -0.39 is 25.2 Å². The number of fused-ring (bicyclic) bond motifs is 1. The van der Waals surface area contributed by atoms with Crippen molar-refractivity contribution in [3.8, 4) is 34.3 Å². The van der Waals surface area contributed by atoms with E-state index in [-0.39, 0.29) is 18.2 Å². The third kappa shape index (κ3) is 6.06. The molecule has 6 rings (SSSR count). The number of benzene rings is 2. The number of ether oxygens (including phenoxy) is 2. The predicted octanol–water partition coefficient (Wildman–Crippen LogP) is 6.97. The van der Waals surface area contributed by atoms with Crippen LogP contribution in [0.4, 0.5) is 4.39 Å². The molecule has 224 valence electrons. The zero-order valence-electron chi connectivity index (χ0n) is 24.7. The van der Waals surface area contributed by atoms with Crippen LogP contribution >= 0.6 is 0 Å². The summed E-state index contributed by atoms with van der Waals surface area (Å²) in [5.74, 6) is 0.130. The number of nitrogens with one attached hydrogen (secondary N) is 1. The lowest BCUT2D eigenvalue weighted by atomic mass is 9.75. The van der Waals surface area contributed by atoms with E-state index in [1.54, 1.807) is 28.8 Å². The molecule has 0 bridgehead atoms. The molecule has 1 fully saturated rings. The van der Waals surface area contributed by atoms with Gasteiger partial charge in [-0.25, -0.2) is 14.2 Å². The van der Waals surface area contributed by atoms with Crippen LogP contribution in [0.1, 0.15) is 30.4 Å². The Kier molecular flexibility index (Phi) is 7.57. The molecule has 5 aromatic rings. The number of aromatic amines is 1. The van der Waals surface area contributed by atoms with Crippen molar-refractivity contribution >= 4 is 19.1 Å². The summed E-state index contributed by atoms with van der Waals surface area (Å²) in [4.78, 5) is 18.7. The van der Waals surface area contributed by atoms with Crippen LogP contribution in [-0.4, -0.2) is 39.5 Å². The molecule has 9 nitrogen and oxygen atoms in total. The first kappa shape index (κ1) is 29.0. The van der Waals surface area contributed by atoms with E-state index in [1.165, 1.54) is 6.07 Å². The third-order valence-corrected chi connectivity index (χ3v) is 9.72. The number of aryl methyl sites for hydroxylation is 1. The van der Waals surface area contributed by atoms with Gasteiger partial charge < -0.3 is 14.6 Å². The van der Waals surface area contributed by atoms with E-state index >= 15 is 4.39 Å². The minimum Gasteiger partial charge on any atom is -0.440 e. The van der Waals surface area contributed by atoms with Crippen molar-refractivity contribution in [2.45, 2.75) is 64.2 Å². The van der Waals surface area contributed by atoms with Crippen LogP contribution in [0.3, 0.4) is 0 Å². The normalized spacial score (nSPS) is 14.7. The van der Waals surface area contributed by atoms with Crippen molar-refractivity contribution in [2.24, 2.45) is 0 Å². The molecule has 0 radical (unpaired) electrons. The Morgan fingerprint density at radius 2 is 1.84 bits per heavy atom. The van der Waals surface area contributed by atoms with Gasteiger partial charge in [-0.1, -0.05) is 61.2 Å². The molecule has 1 aliphatic carbocycles. The van der Waals surface area contributed by atoms with Crippen molar-refractivity contribution in [3.63, 3.8) is 0 Å². The quantitative estimate of drug-likeness (QED) is 0.131. The molecule has 1 aliphatic rings. The highest BCUT2D eigenvalue weighted by atomic mass is 28.3. The van der Waals surface area contributed by atoms with E-state index in [4.69, 9.17) is 14.5 Å². The topological polar surface area (TPSA) is 115 Å². The number of halogens is 1. The first-order valence-electron chi connectivity index (χ1n) is 14.4. The molecule has 0 unspecified atom stereocenters. The molecule has 11 heteroatoms. The molecule has 3 aromatic heterocycles. The van der Waals surface area contributed by atoms with Gasteiger partial charge in [0.15, 0.2) is 11.6 Å². The Bertz CT molecular complexity index is 1830. The number of hydrogen-bond donors (Lipinski definition) is 2. The van der Waals surface area contributed by atoms with E-state index in [2.05, 4.69) is 34.3 Å². The van der Waals surface area contributed by atoms with Crippen LogP contribution in [0.15, 0.2) is 63.9 Å². The largest absolute Gasteiger partial charge is 0.440 e. The Morgan fingerprint density at radius 1 is 1.09 bits per heavy atom. The van der Waals surface area contributed by atoms with Gasteiger partial charge in [0, 0.05) is 37.9 Å². The summed E-state index contributed by atoms with van der Waals surface area (Å²) >= 11 is 0. The number of aliphatic hydroxyl groups is 1. The van der Waals surface area contributed by atoms with Crippen molar-refractivity contribution < 1.29 is 23.5 Å². The van der Waals surface area contributed by atoms with Gasteiger partial charge in [0.1, 0.15) is 18.2 Å². The molecule has 1 saturated carbocycles. The van der Waals surface area contributed by atoms with Crippen LogP contribution in [0, 0.1) is 12.7 Å². The van der Waals surface area contributed by atoms with Gasteiger partial charge in [-0.15, -0.1) is 0 Å². The lowest BCUT2D eigenvalue weighted by Crippen LogP contribution is -2.33. The minimum absolute atomic E-state index is 0.159. The van der Waals surface area contributed by atoms with Crippen LogP contribution in [0.25, 0.3) is 33.7 Å². The molecule has 0 spiro atoms. The molecule has 43 heavy (non-hydrogen) atoms. The highest BCUT2D eigenvalue weighted by molar-refractivity contribution is 6.76. The van der Waals surface area contributed by atoms with Crippen LogP contribution in [-0.2, 0) is 17.1 Å². The zero-order chi connectivity index (χ0) is 30.4. The fourth-order valence-electron chi connectivity index (χ4n) is 5.15. The first-order valence-corrected chi connectivity index (χ1v) is 18.2. The van der Waals surface area contributed by atoms with Gasteiger partial charge in [0.2, 0.25) is 5.88 Å². The van der Waals surface area contributed by atoms with Gasteiger partial charge >= 0.3 is 5.76 Å². The van der Waals surface area contributed by atoms with E-state index in [9.17, 15) is 9.90 Å². The SMILES string of the molecule is Cc1ccc(-c2noc(=O)[nH]2)cc1Oc1cc2nc(-c3ccc(C4(O)CCC4)cc3)c(F)cc2n1COCC[Si](C)(C)C. The summed E-state index contributed by atoms with van der Waals surface area (Å²) in [6, 6.07) is 17.0. The van der Waals surface area contributed by atoms with Crippen LogP contribution in [0.5, 0.6) is 11.6 Å². The lowest BCUT2D eigenvalue weighted by molar-refractivity contribution is -0.0387. The van der Waals surface area contributed by atoms with E-state index in [1.807, 2.05) is 31.2 Å². The molecule has 0 amide bonds. The highest BCUT2D eigenvalue weighted by Gasteiger charge is 2.36. The number of pyridine rings is 1. The summed E-state index contributed by atoms with van der Waals surface area (Å²) < 4.78 is 34.5. The van der Waals surface area contributed by atoms with E-state index in [0.717, 1.165) is 36.4 Å². The number of hydrogen-bond acceptors (Lipinski definition) is 7. The van der Waals surface area contributed by atoms with Gasteiger partial charge in [0.05, 0.1) is 16.6 Å². The number of H-pyrrole nitrogens is 1. The summed E-state index contributed by atoms with van der Waals surface area (Å²) in [5, 5.41) is 14.5. The molecule has 2 aromatic carbocycles. The van der Waals surface area contributed by atoms with Crippen molar-refractivity contribution in [1.29, 1.82) is 0 Å². The maximum Gasteiger partial charge on any atom is 0.439 e. The molecular weight excluding hydrogens is 567 g/mol. The molecule has 0 atom stereocenters. The predicted molar refractivity (Wildman–Crippen MR) is 164 cm³/mol. The highest BCUT2D eigenvalue weighted by Crippen LogP contribution is 2.41. The smallest absolute Gasteiger partial charge is 0.439 e. The lowest BCUT2D eigenvalue weighted by Gasteiger charge is -2.37. The monoisotopic (exact) mass is 602 g/mol. The third-order valence-electron chi connectivity index (χ3n) is 8.01.